The second kappa shape index (κ2) is 6.02. The first kappa shape index (κ1) is 15.8. The first-order valence-electron chi connectivity index (χ1n) is 5.51. The summed E-state index contributed by atoms with van der Waals surface area (Å²) in [7, 11) is -4.08. The van der Waals surface area contributed by atoms with Crippen LogP contribution in [0.4, 0.5) is 10.1 Å². The van der Waals surface area contributed by atoms with Crippen LogP contribution in [0.25, 0.3) is 0 Å². The van der Waals surface area contributed by atoms with E-state index >= 15 is 0 Å². The number of rotatable bonds is 3. The fourth-order valence-electron chi connectivity index (χ4n) is 1.61. The number of nitrogens with zero attached hydrogens (tertiary/aromatic N) is 1. The summed E-state index contributed by atoms with van der Waals surface area (Å²) >= 11 is 8.99. The molecule has 0 unspecified atom stereocenters. The molecule has 0 atom stereocenters. The lowest BCUT2D eigenvalue weighted by Crippen LogP contribution is -2.15. The molecule has 0 radical (unpaired) electrons. The molecule has 0 aliphatic rings. The summed E-state index contributed by atoms with van der Waals surface area (Å²) in [5.74, 6) is -0.891. The molecule has 0 aliphatic carbocycles. The summed E-state index contributed by atoms with van der Waals surface area (Å²) < 4.78 is 40.8. The summed E-state index contributed by atoms with van der Waals surface area (Å²) in [5.41, 5.74) is -0.294. The maximum Gasteiger partial charge on any atom is 0.263 e. The maximum atomic E-state index is 13.5. The Hall–Kier alpha value is -1.62. The van der Waals surface area contributed by atoms with Gasteiger partial charge in [0.05, 0.1) is 10.7 Å². The van der Waals surface area contributed by atoms with Crippen LogP contribution < -0.4 is 4.72 Å². The average molecular weight is 390 g/mol. The fraction of sp³-hybridized carbons (Fsp3) is 0. The first-order chi connectivity index (χ1) is 9.85. The SMILES string of the molecule is N#Cc1c(F)cccc1S(=O)(=O)Nc1ccc(Cl)c(Br)c1. The van der Waals surface area contributed by atoms with Crippen molar-refractivity contribution in [1.82, 2.24) is 0 Å². The van der Waals surface area contributed by atoms with Gasteiger partial charge in [-0.1, -0.05) is 17.7 Å². The van der Waals surface area contributed by atoms with Crippen molar-refractivity contribution in [2.45, 2.75) is 4.90 Å². The van der Waals surface area contributed by atoms with E-state index in [4.69, 9.17) is 16.9 Å². The maximum absolute atomic E-state index is 13.5. The lowest BCUT2D eigenvalue weighted by atomic mass is 10.2. The molecule has 0 aromatic heterocycles. The zero-order valence-electron chi connectivity index (χ0n) is 10.3. The van der Waals surface area contributed by atoms with Crippen LogP contribution in [0.15, 0.2) is 45.8 Å². The van der Waals surface area contributed by atoms with Gasteiger partial charge in [-0.05, 0) is 46.3 Å². The molecule has 2 aromatic rings. The van der Waals surface area contributed by atoms with Gasteiger partial charge in [-0.3, -0.25) is 4.72 Å². The van der Waals surface area contributed by atoms with Crippen molar-refractivity contribution in [2.75, 3.05) is 4.72 Å². The minimum atomic E-state index is -4.08. The van der Waals surface area contributed by atoms with Gasteiger partial charge in [-0.2, -0.15) is 5.26 Å². The number of nitrogens with one attached hydrogen (secondary N) is 1. The number of anilines is 1. The van der Waals surface area contributed by atoms with Crippen molar-refractivity contribution in [3.05, 3.63) is 57.3 Å². The second-order valence-corrected chi connectivity index (χ2v) is 6.87. The molecule has 0 fully saturated rings. The normalized spacial score (nSPS) is 11.0. The lowest BCUT2D eigenvalue weighted by Gasteiger charge is -2.10. The predicted octanol–water partition coefficient (Wildman–Crippen LogP) is 3.91. The molecule has 108 valence electrons. The van der Waals surface area contributed by atoms with Crippen LogP contribution in [0, 0.1) is 17.1 Å². The summed E-state index contributed by atoms with van der Waals surface area (Å²) in [4.78, 5) is -0.420. The van der Waals surface area contributed by atoms with E-state index in [-0.39, 0.29) is 5.69 Å². The van der Waals surface area contributed by atoms with Gasteiger partial charge in [0.15, 0.2) is 0 Å². The molecule has 21 heavy (non-hydrogen) atoms. The van der Waals surface area contributed by atoms with E-state index in [1.807, 2.05) is 0 Å². The molecule has 0 bridgehead atoms. The van der Waals surface area contributed by atoms with Crippen LogP contribution in [0.5, 0.6) is 0 Å². The quantitative estimate of drug-likeness (QED) is 0.865. The number of hydrogen-bond acceptors (Lipinski definition) is 3. The Labute approximate surface area is 134 Å². The van der Waals surface area contributed by atoms with Gasteiger partial charge in [0.25, 0.3) is 10.0 Å². The Balaban J connectivity index is 2.46. The van der Waals surface area contributed by atoms with Crippen LogP contribution in [0.3, 0.4) is 0 Å². The third kappa shape index (κ3) is 3.35. The second-order valence-electron chi connectivity index (χ2n) is 3.96. The number of benzene rings is 2. The van der Waals surface area contributed by atoms with Crippen LogP contribution >= 0.6 is 27.5 Å². The Morgan fingerprint density at radius 2 is 2.00 bits per heavy atom. The molecule has 0 saturated carbocycles. The van der Waals surface area contributed by atoms with E-state index < -0.39 is 26.3 Å². The highest BCUT2D eigenvalue weighted by Crippen LogP contribution is 2.27. The topological polar surface area (TPSA) is 70.0 Å². The zero-order chi connectivity index (χ0) is 15.6. The van der Waals surface area contributed by atoms with E-state index in [1.54, 1.807) is 6.07 Å². The molecule has 0 aliphatic heterocycles. The highest BCUT2D eigenvalue weighted by molar-refractivity contribution is 9.10. The van der Waals surface area contributed by atoms with Gasteiger partial charge >= 0.3 is 0 Å². The minimum absolute atomic E-state index is 0.236. The lowest BCUT2D eigenvalue weighted by molar-refractivity contribution is 0.593. The van der Waals surface area contributed by atoms with Crippen molar-refractivity contribution in [3.63, 3.8) is 0 Å². The summed E-state index contributed by atoms with van der Waals surface area (Å²) in [6, 6.07) is 9.38. The van der Waals surface area contributed by atoms with Gasteiger partial charge in [0.1, 0.15) is 22.3 Å². The number of halogens is 3. The Kier molecular flexibility index (Phi) is 4.52. The number of hydrogen-bond donors (Lipinski definition) is 1. The van der Waals surface area contributed by atoms with Gasteiger partial charge < -0.3 is 0 Å². The van der Waals surface area contributed by atoms with Gasteiger partial charge in [-0.25, -0.2) is 12.8 Å². The van der Waals surface area contributed by atoms with E-state index in [1.165, 1.54) is 24.3 Å². The Morgan fingerprint density at radius 1 is 1.29 bits per heavy atom. The molecular weight excluding hydrogens is 383 g/mol. The van der Waals surface area contributed by atoms with Gasteiger partial charge in [-0.15, -0.1) is 0 Å². The Morgan fingerprint density at radius 3 is 2.62 bits per heavy atom. The molecule has 0 amide bonds. The average Bonchev–Trinajstić information content (AvgIpc) is 2.42. The molecule has 2 aromatic carbocycles. The standard InChI is InChI=1S/C13H7BrClFN2O2S/c14-10-6-8(4-5-11(10)15)18-21(19,20)13-3-1-2-12(16)9(13)7-17/h1-6,18H. The van der Waals surface area contributed by atoms with Crippen molar-refractivity contribution in [2.24, 2.45) is 0 Å². The monoisotopic (exact) mass is 388 g/mol. The van der Waals surface area contributed by atoms with Crippen LogP contribution in [0.2, 0.25) is 5.02 Å². The van der Waals surface area contributed by atoms with Crippen molar-refractivity contribution >= 4 is 43.2 Å². The Bertz CT molecular complexity index is 850. The van der Waals surface area contributed by atoms with Crippen molar-refractivity contribution < 1.29 is 12.8 Å². The van der Waals surface area contributed by atoms with Gasteiger partial charge in [0, 0.05) is 4.47 Å². The molecule has 0 saturated heterocycles. The van der Waals surface area contributed by atoms with E-state index in [9.17, 15) is 12.8 Å². The van der Waals surface area contributed by atoms with Crippen LogP contribution in [0.1, 0.15) is 5.56 Å². The molecule has 0 heterocycles. The van der Waals surface area contributed by atoms with Crippen LogP contribution in [-0.2, 0) is 10.0 Å². The third-order valence-electron chi connectivity index (χ3n) is 2.55. The van der Waals surface area contributed by atoms with Crippen LogP contribution in [-0.4, -0.2) is 8.42 Å². The molecule has 4 nitrogen and oxygen atoms in total. The minimum Gasteiger partial charge on any atom is -0.280 e. The summed E-state index contributed by atoms with van der Waals surface area (Å²) in [6.07, 6.45) is 0. The number of sulfonamides is 1. The van der Waals surface area contributed by atoms with E-state index in [0.29, 0.717) is 9.50 Å². The molecule has 1 N–H and O–H groups in total. The third-order valence-corrected chi connectivity index (χ3v) is 5.19. The molecule has 8 heteroatoms. The van der Waals surface area contributed by atoms with Crippen molar-refractivity contribution in [1.29, 1.82) is 5.26 Å². The largest absolute Gasteiger partial charge is 0.280 e. The fourth-order valence-corrected chi connectivity index (χ4v) is 3.32. The zero-order valence-corrected chi connectivity index (χ0v) is 13.4. The van der Waals surface area contributed by atoms with E-state index in [2.05, 4.69) is 20.7 Å². The smallest absolute Gasteiger partial charge is 0.263 e. The van der Waals surface area contributed by atoms with E-state index in [0.717, 1.165) is 12.1 Å². The number of nitriles is 1. The predicted molar refractivity (Wildman–Crippen MR) is 81.1 cm³/mol. The highest BCUT2D eigenvalue weighted by atomic mass is 79.9. The molecule has 0 spiro atoms. The summed E-state index contributed by atoms with van der Waals surface area (Å²) in [6.45, 7) is 0. The van der Waals surface area contributed by atoms with Crippen molar-refractivity contribution in [3.8, 4) is 6.07 Å². The first-order valence-corrected chi connectivity index (χ1v) is 8.17. The molecular formula is C13H7BrClFN2O2S. The summed E-state index contributed by atoms with van der Waals surface area (Å²) in [5, 5.41) is 9.32. The van der Waals surface area contributed by atoms with Gasteiger partial charge in [0.2, 0.25) is 0 Å². The molecule has 2 rings (SSSR count). The highest BCUT2D eigenvalue weighted by Gasteiger charge is 2.21.